The van der Waals surface area contributed by atoms with E-state index in [-0.39, 0.29) is 40.5 Å². The summed E-state index contributed by atoms with van der Waals surface area (Å²) in [6.45, 7) is 1.66. The molecule has 0 saturated carbocycles. The zero-order valence-electron chi connectivity index (χ0n) is 26.0. The van der Waals surface area contributed by atoms with E-state index in [1.807, 2.05) is 30.3 Å². The lowest BCUT2D eigenvalue weighted by Gasteiger charge is -2.31. The molecular weight excluding hydrogens is 659 g/mol. The van der Waals surface area contributed by atoms with Crippen LogP contribution >= 0.6 is 11.3 Å². The molecule has 15 heteroatoms. The van der Waals surface area contributed by atoms with Crippen LogP contribution in [0, 0.1) is 5.92 Å². The molecule has 7 N–H and O–H groups in total. The topological polar surface area (TPSA) is 218 Å². The van der Waals surface area contributed by atoms with E-state index in [1.54, 1.807) is 30.3 Å². The van der Waals surface area contributed by atoms with Crippen LogP contribution in [0.5, 0.6) is 0 Å². The number of hydrogen-bond acceptors (Lipinski definition) is 10. The second kappa shape index (κ2) is 15.8. The van der Waals surface area contributed by atoms with Gasteiger partial charge in [-0.25, -0.2) is 13.4 Å². The van der Waals surface area contributed by atoms with Gasteiger partial charge in [0.1, 0.15) is 11.8 Å². The SMILES string of the molecule is C[C@@H](C(=O)NCc1ccccc1)[C@@H](O)[C@H](O)[C@H](Cc1ccccc1)NC(=O)c1cc(C(=O)c2csc(NS(C)(=O)=O)n2)ccc1C(N)=O. The zero-order valence-corrected chi connectivity index (χ0v) is 27.6. The first-order chi connectivity index (χ1) is 22.7. The summed E-state index contributed by atoms with van der Waals surface area (Å²) < 4.78 is 25.3. The normalized spacial score (nSPS) is 13.8. The number of amides is 3. The molecule has 4 aromatic rings. The van der Waals surface area contributed by atoms with Crippen molar-refractivity contribution >= 4 is 50.0 Å². The number of aliphatic hydroxyl groups excluding tert-OH is 2. The summed E-state index contributed by atoms with van der Waals surface area (Å²) in [7, 11) is -3.64. The molecule has 0 spiro atoms. The lowest BCUT2D eigenvalue weighted by atomic mass is 9.90. The summed E-state index contributed by atoms with van der Waals surface area (Å²) in [5.41, 5.74) is 6.41. The Morgan fingerprint density at radius 1 is 0.896 bits per heavy atom. The van der Waals surface area contributed by atoms with Crippen molar-refractivity contribution in [2.75, 3.05) is 11.0 Å². The second-order valence-electron chi connectivity index (χ2n) is 11.1. The van der Waals surface area contributed by atoms with Crippen molar-refractivity contribution in [3.63, 3.8) is 0 Å². The molecular formula is C33H35N5O8S2. The van der Waals surface area contributed by atoms with Gasteiger partial charge < -0.3 is 26.6 Å². The Hall–Kier alpha value is -4.96. The van der Waals surface area contributed by atoms with Crippen molar-refractivity contribution < 1.29 is 37.8 Å². The van der Waals surface area contributed by atoms with E-state index in [9.17, 15) is 37.8 Å². The van der Waals surface area contributed by atoms with Gasteiger partial charge in [0.2, 0.25) is 27.6 Å². The van der Waals surface area contributed by atoms with Crippen LogP contribution in [0.1, 0.15) is 54.8 Å². The summed E-state index contributed by atoms with van der Waals surface area (Å²) in [4.78, 5) is 56.2. The van der Waals surface area contributed by atoms with Gasteiger partial charge >= 0.3 is 0 Å². The molecule has 0 aliphatic rings. The van der Waals surface area contributed by atoms with E-state index in [2.05, 4.69) is 20.3 Å². The number of hydrogen-bond donors (Lipinski definition) is 6. The largest absolute Gasteiger partial charge is 0.390 e. The van der Waals surface area contributed by atoms with Gasteiger partial charge in [0.05, 0.1) is 35.4 Å². The lowest BCUT2D eigenvalue weighted by molar-refractivity contribution is -0.131. The van der Waals surface area contributed by atoms with E-state index >= 15 is 0 Å². The minimum atomic E-state index is -3.64. The van der Waals surface area contributed by atoms with E-state index < -0.39 is 57.7 Å². The van der Waals surface area contributed by atoms with Crippen LogP contribution in [-0.4, -0.2) is 71.6 Å². The molecule has 4 rings (SSSR count). The third-order valence-electron chi connectivity index (χ3n) is 7.41. The highest BCUT2D eigenvalue weighted by Crippen LogP contribution is 2.22. The highest BCUT2D eigenvalue weighted by atomic mass is 32.2. The number of anilines is 1. The minimum absolute atomic E-state index is 0.0304. The molecule has 3 aromatic carbocycles. The van der Waals surface area contributed by atoms with Gasteiger partial charge in [0.15, 0.2) is 5.13 Å². The second-order valence-corrected chi connectivity index (χ2v) is 13.7. The van der Waals surface area contributed by atoms with E-state index in [4.69, 9.17) is 5.73 Å². The molecule has 4 atom stereocenters. The van der Waals surface area contributed by atoms with Crippen LogP contribution in [0.15, 0.2) is 84.2 Å². The number of rotatable bonds is 15. The number of thiazole rings is 1. The molecule has 3 amide bonds. The quantitative estimate of drug-likeness (QED) is 0.100. The van der Waals surface area contributed by atoms with Crippen molar-refractivity contribution in [3.05, 3.63) is 118 Å². The summed E-state index contributed by atoms with van der Waals surface area (Å²) in [6.07, 6.45) is -2.30. The zero-order chi connectivity index (χ0) is 35.0. The van der Waals surface area contributed by atoms with Crippen LogP contribution < -0.4 is 21.1 Å². The average molecular weight is 694 g/mol. The maximum absolute atomic E-state index is 13.7. The fourth-order valence-electron chi connectivity index (χ4n) is 4.83. The summed E-state index contributed by atoms with van der Waals surface area (Å²) in [5, 5.41) is 29.1. The van der Waals surface area contributed by atoms with Crippen LogP contribution in [0.2, 0.25) is 0 Å². The van der Waals surface area contributed by atoms with E-state index in [0.29, 0.717) is 5.56 Å². The van der Waals surface area contributed by atoms with Gasteiger partial charge in [0.25, 0.3) is 5.91 Å². The third kappa shape index (κ3) is 9.54. The number of carbonyl (C=O) groups is 4. The highest BCUT2D eigenvalue weighted by molar-refractivity contribution is 7.92. The number of primary amides is 1. The van der Waals surface area contributed by atoms with E-state index in [0.717, 1.165) is 29.2 Å². The predicted octanol–water partition coefficient (Wildman–Crippen LogP) is 1.86. The van der Waals surface area contributed by atoms with Crippen LogP contribution in [0.4, 0.5) is 5.13 Å². The number of aromatic nitrogens is 1. The molecule has 0 radical (unpaired) electrons. The first kappa shape index (κ1) is 35.9. The third-order valence-corrected chi connectivity index (χ3v) is 8.86. The average Bonchev–Trinajstić information content (AvgIpc) is 3.53. The summed E-state index contributed by atoms with van der Waals surface area (Å²) in [6, 6.07) is 20.4. The fourth-order valence-corrected chi connectivity index (χ4v) is 6.37. The Bertz CT molecular complexity index is 1880. The summed E-state index contributed by atoms with van der Waals surface area (Å²) in [5.74, 6) is -4.11. The Labute approximate surface area is 281 Å². The smallest absolute Gasteiger partial charge is 0.252 e. The molecule has 48 heavy (non-hydrogen) atoms. The molecule has 0 bridgehead atoms. The number of sulfonamides is 1. The molecule has 0 saturated heterocycles. The van der Waals surface area contributed by atoms with Gasteiger partial charge in [0, 0.05) is 17.5 Å². The molecule has 0 fully saturated rings. The Balaban J connectivity index is 1.58. The Kier molecular flexibility index (Phi) is 11.8. The van der Waals surface area contributed by atoms with Gasteiger partial charge in [-0.1, -0.05) is 73.7 Å². The molecule has 0 aliphatic heterocycles. The number of carbonyl (C=O) groups excluding carboxylic acids is 4. The van der Waals surface area contributed by atoms with Crippen molar-refractivity contribution in [3.8, 4) is 0 Å². The molecule has 13 nitrogen and oxygen atoms in total. The number of benzene rings is 3. The van der Waals surface area contributed by atoms with Crippen LogP contribution in [0.25, 0.3) is 0 Å². The number of nitrogens with zero attached hydrogens (tertiary/aromatic N) is 1. The van der Waals surface area contributed by atoms with Gasteiger partial charge in [-0.2, -0.15) is 0 Å². The maximum Gasteiger partial charge on any atom is 0.252 e. The molecule has 1 aromatic heterocycles. The van der Waals surface area contributed by atoms with Gasteiger partial charge in [-0.05, 0) is 29.7 Å². The molecule has 252 valence electrons. The van der Waals surface area contributed by atoms with Crippen LogP contribution in [-0.2, 0) is 27.8 Å². The lowest BCUT2D eigenvalue weighted by Crippen LogP contribution is -2.53. The number of aliphatic hydroxyl groups is 2. The molecule has 0 unspecified atom stereocenters. The monoisotopic (exact) mass is 693 g/mol. The standard InChI is InChI=1S/C33H35N5O8S2/c1-19(31(43)35-17-21-11-7-4-8-12-21)27(39)29(41)25(15-20-9-5-3-6-10-20)36-32(44)24-16-22(13-14-23(24)30(34)42)28(40)26-18-47-33(37-26)38-48(2,45)46/h3-14,16,18-19,25,27,29,39,41H,15,17H2,1-2H3,(H2,34,42)(H,35,43)(H,36,44)(H,37,38)/t19-,25+,27-,29-/m1/s1. The minimum Gasteiger partial charge on any atom is -0.390 e. The number of ketones is 1. The van der Waals surface area contributed by atoms with Gasteiger partial charge in [-0.3, -0.25) is 23.9 Å². The highest BCUT2D eigenvalue weighted by Gasteiger charge is 2.35. The maximum atomic E-state index is 13.7. The molecule has 0 aliphatic carbocycles. The van der Waals surface area contributed by atoms with E-state index in [1.165, 1.54) is 24.4 Å². The van der Waals surface area contributed by atoms with Crippen molar-refractivity contribution in [1.29, 1.82) is 0 Å². The Morgan fingerprint density at radius 3 is 2.12 bits per heavy atom. The summed E-state index contributed by atoms with van der Waals surface area (Å²) >= 11 is 0.884. The Morgan fingerprint density at radius 2 is 1.52 bits per heavy atom. The van der Waals surface area contributed by atoms with Crippen LogP contribution in [0.3, 0.4) is 0 Å². The number of nitrogens with one attached hydrogen (secondary N) is 3. The first-order valence-electron chi connectivity index (χ1n) is 14.7. The molecule has 1 heterocycles. The fraction of sp³-hybridized carbons (Fsp3) is 0.242. The number of nitrogens with two attached hydrogens (primary N) is 1. The first-order valence-corrected chi connectivity index (χ1v) is 17.4. The van der Waals surface area contributed by atoms with Gasteiger partial charge in [-0.15, -0.1) is 11.3 Å². The van der Waals surface area contributed by atoms with Crippen molar-refractivity contribution in [2.45, 2.75) is 38.1 Å². The van der Waals surface area contributed by atoms with Crippen molar-refractivity contribution in [2.24, 2.45) is 11.7 Å². The predicted molar refractivity (Wildman–Crippen MR) is 180 cm³/mol. The van der Waals surface area contributed by atoms with Crippen molar-refractivity contribution in [1.82, 2.24) is 15.6 Å².